The topological polar surface area (TPSA) is 70.8 Å². The van der Waals surface area contributed by atoms with Gasteiger partial charge >= 0.3 is 5.97 Å². The van der Waals surface area contributed by atoms with Crippen LogP contribution in [0.4, 0.5) is 17.1 Å². The van der Waals surface area contributed by atoms with Crippen molar-refractivity contribution in [2.75, 3.05) is 62.3 Å². The van der Waals surface area contributed by atoms with Gasteiger partial charge in [-0.2, -0.15) is 0 Å². The molecule has 3 rings (SSSR count). The number of nitrogens with two attached hydrogens (primary N) is 1. The van der Waals surface area contributed by atoms with E-state index >= 15 is 0 Å². The Hall–Kier alpha value is -2.73. The number of methoxy groups -OCH3 is 1. The highest BCUT2D eigenvalue weighted by Crippen LogP contribution is 2.20. The number of para-hydroxylation sites is 1. The van der Waals surface area contributed by atoms with Gasteiger partial charge in [0.2, 0.25) is 0 Å². The lowest BCUT2D eigenvalue weighted by Gasteiger charge is -2.36. The van der Waals surface area contributed by atoms with Crippen LogP contribution in [0.2, 0.25) is 0 Å². The van der Waals surface area contributed by atoms with Gasteiger partial charge in [-0.15, -0.1) is 0 Å². The highest BCUT2D eigenvalue weighted by atomic mass is 16.5. The number of anilines is 3. The first-order chi connectivity index (χ1) is 12.7. The molecule has 1 heterocycles. The Kier molecular flexibility index (Phi) is 5.96. The number of nitrogens with zero attached hydrogens (tertiary/aromatic N) is 2. The molecule has 0 amide bonds. The third kappa shape index (κ3) is 4.46. The SMILES string of the molecule is COC(=O)c1cc(N)ccc1NCCN1CCN(c2ccccc2)CC1. The predicted octanol–water partition coefficient (Wildman–Crippen LogP) is 2.29. The van der Waals surface area contributed by atoms with Crippen LogP contribution in [0.25, 0.3) is 0 Å². The molecule has 1 saturated heterocycles. The molecule has 2 aromatic rings. The molecular formula is C20H26N4O2. The first kappa shape index (κ1) is 18.1. The van der Waals surface area contributed by atoms with Gasteiger partial charge in [0.05, 0.1) is 12.7 Å². The number of hydrogen-bond acceptors (Lipinski definition) is 6. The van der Waals surface area contributed by atoms with Gasteiger partial charge in [0, 0.05) is 56.3 Å². The van der Waals surface area contributed by atoms with Gasteiger partial charge < -0.3 is 20.7 Å². The van der Waals surface area contributed by atoms with Crippen LogP contribution < -0.4 is 16.0 Å². The van der Waals surface area contributed by atoms with Crippen LogP contribution in [0.15, 0.2) is 48.5 Å². The molecule has 6 heteroatoms. The van der Waals surface area contributed by atoms with Gasteiger partial charge in [0.25, 0.3) is 0 Å². The second kappa shape index (κ2) is 8.58. The molecule has 0 spiro atoms. The second-order valence-corrected chi connectivity index (χ2v) is 6.39. The molecule has 0 atom stereocenters. The van der Waals surface area contributed by atoms with Crippen molar-refractivity contribution in [1.82, 2.24) is 4.90 Å². The molecule has 2 aromatic carbocycles. The fourth-order valence-corrected chi connectivity index (χ4v) is 3.21. The van der Waals surface area contributed by atoms with Crippen LogP contribution >= 0.6 is 0 Å². The largest absolute Gasteiger partial charge is 0.465 e. The molecule has 1 aliphatic heterocycles. The molecule has 0 aromatic heterocycles. The number of esters is 1. The number of benzene rings is 2. The van der Waals surface area contributed by atoms with Crippen molar-refractivity contribution in [2.45, 2.75) is 0 Å². The molecule has 138 valence electrons. The summed E-state index contributed by atoms with van der Waals surface area (Å²) in [6.07, 6.45) is 0. The Morgan fingerprint density at radius 1 is 1.12 bits per heavy atom. The molecule has 1 aliphatic rings. The summed E-state index contributed by atoms with van der Waals surface area (Å²) >= 11 is 0. The summed E-state index contributed by atoms with van der Waals surface area (Å²) in [4.78, 5) is 16.7. The highest BCUT2D eigenvalue weighted by Gasteiger charge is 2.17. The Morgan fingerprint density at radius 3 is 2.54 bits per heavy atom. The maximum absolute atomic E-state index is 11.9. The van der Waals surface area contributed by atoms with Crippen molar-refractivity contribution < 1.29 is 9.53 Å². The van der Waals surface area contributed by atoms with Crippen molar-refractivity contribution in [3.05, 3.63) is 54.1 Å². The van der Waals surface area contributed by atoms with Crippen LogP contribution in [-0.4, -0.2) is 57.2 Å². The minimum atomic E-state index is -0.378. The minimum absolute atomic E-state index is 0.378. The Bertz CT molecular complexity index is 728. The van der Waals surface area contributed by atoms with Gasteiger partial charge in [0.15, 0.2) is 0 Å². The van der Waals surface area contributed by atoms with E-state index in [0.29, 0.717) is 11.3 Å². The Morgan fingerprint density at radius 2 is 1.85 bits per heavy atom. The van der Waals surface area contributed by atoms with E-state index in [4.69, 9.17) is 10.5 Å². The number of hydrogen-bond donors (Lipinski definition) is 2. The number of piperazine rings is 1. The Labute approximate surface area is 154 Å². The first-order valence-corrected chi connectivity index (χ1v) is 8.91. The Balaban J connectivity index is 1.48. The van der Waals surface area contributed by atoms with E-state index < -0.39 is 0 Å². The van der Waals surface area contributed by atoms with Crippen LogP contribution in [-0.2, 0) is 4.74 Å². The minimum Gasteiger partial charge on any atom is -0.465 e. The summed E-state index contributed by atoms with van der Waals surface area (Å²) in [5, 5.41) is 3.33. The van der Waals surface area contributed by atoms with Crippen LogP contribution in [0.5, 0.6) is 0 Å². The number of nitrogen functional groups attached to an aromatic ring is 1. The molecule has 26 heavy (non-hydrogen) atoms. The van der Waals surface area contributed by atoms with Gasteiger partial charge in [-0.25, -0.2) is 4.79 Å². The average Bonchev–Trinajstić information content (AvgIpc) is 2.69. The van der Waals surface area contributed by atoms with Crippen LogP contribution in [0, 0.1) is 0 Å². The zero-order valence-electron chi connectivity index (χ0n) is 15.1. The number of rotatable bonds is 6. The summed E-state index contributed by atoms with van der Waals surface area (Å²) in [6, 6.07) is 15.8. The first-order valence-electron chi connectivity index (χ1n) is 8.91. The fourth-order valence-electron chi connectivity index (χ4n) is 3.21. The van der Waals surface area contributed by atoms with E-state index in [0.717, 1.165) is 45.0 Å². The van der Waals surface area contributed by atoms with Crippen LogP contribution in [0.1, 0.15) is 10.4 Å². The fraction of sp³-hybridized carbons (Fsp3) is 0.350. The number of carbonyl (C=O) groups excluding carboxylic acids is 1. The van der Waals surface area contributed by atoms with E-state index in [2.05, 4.69) is 39.4 Å². The number of ether oxygens (including phenoxy) is 1. The van der Waals surface area contributed by atoms with Gasteiger partial charge in [0.1, 0.15) is 0 Å². The highest BCUT2D eigenvalue weighted by molar-refractivity contribution is 5.96. The lowest BCUT2D eigenvalue weighted by Crippen LogP contribution is -2.47. The smallest absolute Gasteiger partial charge is 0.340 e. The van der Waals surface area contributed by atoms with Crippen molar-refractivity contribution in [3.63, 3.8) is 0 Å². The normalized spacial score (nSPS) is 14.9. The monoisotopic (exact) mass is 354 g/mol. The summed E-state index contributed by atoms with van der Waals surface area (Å²) in [7, 11) is 1.38. The second-order valence-electron chi connectivity index (χ2n) is 6.39. The summed E-state index contributed by atoms with van der Waals surface area (Å²) in [6.45, 7) is 5.80. The predicted molar refractivity (Wildman–Crippen MR) is 106 cm³/mol. The van der Waals surface area contributed by atoms with E-state index in [1.165, 1.54) is 12.8 Å². The lowest BCUT2D eigenvalue weighted by molar-refractivity contribution is 0.0602. The van der Waals surface area contributed by atoms with Gasteiger partial charge in [-0.1, -0.05) is 18.2 Å². The van der Waals surface area contributed by atoms with Gasteiger partial charge in [-0.05, 0) is 30.3 Å². The van der Waals surface area contributed by atoms with Crippen LogP contribution in [0.3, 0.4) is 0 Å². The van der Waals surface area contributed by atoms with E-state index in [1.807, 2.05) is 12.1 Å². The summed E-state index contributed by atoms with van der Waals surface area (Å²) in [5.41, 5.74) is 8.85. The van der Waals surface area contributed by atoms with Crippen molar-refractivity contribution >= 4 is 23.0 Å². The standard InChI is InChI=1S/C20H26N4O2/c1-26-20(25)18-15-16(21)7-8-19(18)22-9-10-23-11-13-24(14-12-23)17-5-3-2-4-6-17/h2-8,15,22H,9-14,21H2,1H3. The third-order valence-electron chi connectivity index (χ3n) is 4.69. The number of carbonyl (C=O) groups is 1. The third-order valence-corrected chi connectivity index (χ3v) is 4.69. The van der Waals surface area contributed by atoms with E-state index in [1.54, 1.807) is 12.1 Å². The molecule has 1 fully saturated rings. The zero-order chi connectivity index (χ0) is 18.4. The van der Waals surface area contributed by atoms with E-state index in [-0.39, 0.29) is 5.97 Å². The lowest BCUT2D eigenvalue weighted by atomic mass is 10.1. The number of nitrogens with one attached hydrogen (secondary N) is 1. The molecule has 0 radical (unpaired) electrons. The summed E-state index contributed by atoms with van der Waals surface area (Å²) in [5.74, 6) is -0.378. The molecule has 3 N–H and O–H groups in total. The molecule has 6 nitrogen and oxygen atoms in total. The maximum atomic E-state index is 11.9. The zero-order valence-corrected chi connectivity index (χ0v) is 15.1. The average molecular weight is 354 g/mol. The van der Waals surface area contributed by atoms with Crippen molar-refractivity contribution in [1.29, 1.82) is 0 Å². The molecular weight excluding hydrogens is 328 g/mol. The summed E-state index contributed by atoms with van der Waals surface area (Å²) < 4.78 is 4.83. The molecule has 0 bridgehead atoms. The molecule has 0 saturated carbocycles. The molecule has 0 unspecified atom stereocenters. The van der Waals surface area contributed by atoms with Gasteiger partial charge in [-0.3, -0.25) is 4.90 Å². The van der Waals surface area contributed by atoms with Crippen molar-refractivity contribution in [3.8, 4) is 0 Å². The maximum Gasteiger partial charge on any atom is 0.340 e. The quantitative estimate of drug-likeness (QED) is 0.613. The van der Waals surface area contributed by atoms with E-state index in [9.17, 15) is 4.79 Å². The molecule has 0 aliphatic carbocycles. The van der Waals surface area contributed by atoms with Crippen molar-refractivity contribution in [2.24, 2.45) is 0 Å².